The first-order valence-corrected chi connectivity index (χ1v) is 5.27. The molecule has 0 saturated carbocycles. The summed E-state index contributed by atoms with van der Waals surface area (Å²) in [4.78, 5) is 0. The molecule has 0 aromatic heterocycles. The number of alkyl halides is 1. The van der Waals surface area contributed by atoms with Crippen LogP contribution in [0.3, 0.4) is 0 Å². The minimum atomic E-state index is -0.419. The second kappa shape index (κ2) is 5.17. The van der Waals surface area contributed by atoms with Gasteiger partial charge in [-0.1, -0.05) is 46.4 Å². The topological polar surface area (TPSA) is 24.7 Å². The third-order valence-corrected chi connectivity index (χ3v) is 2.18. The molecular weight excluding hydrogens is 266 g/mol. The molecule has 1 rings (SSSR count). The number of nitrogens with zero attached hydrogens (tertiary/aromatic N) is 2. The number of halogens is 4. The van der Waals surface area contributed by atoms with Gasteiger partial charge in [0.25, 0.3) is 0 Å². The molecule has 0 aliphatic rings. The van der Waals surface area contributed by atoms with Crippen molar-refractivity contribution in [2.24, 2.45) is 10.2 Å². The van der Waals surface area contributed by atoms with E-state index in [0.717, 1.165) is 0 Å². The summed E-state index contributed by atoms with van der Waals surface area (Å²) in [6.07, 6.45) is 0. The number of rotatable bonds is 2. The Morgan fingerprint density at radius 2 is 1.64 bits per heavy atom. The van der Waals surface area contributed by atoms with Crippen molar-refractivity contribution in [1.29, 1.82) is 0 Å². The molecule has 2 nitrogen and oxygen atoms in total. The van der Waals surface area contributed by atoms with Gasteiger partial charge in [-0.15, -0.1) is 0 Å². The summed E-state index contributed by atoms with van der Waals surface area (Å²) in [7, 11) is 0. The molecule has 0 saturated heterocycles. The van der Waals surface area contributed by atoms with Crippen LogP contribution in [0.1, 0.15) is 6.92 Å². The number of hydrogen-bond donors (Lipinski definition) is 0. The van der Waals surface area contributed by atoms with Crippen molar-refractivity contribution >= 4 is 52.1 Å². The highest BCUT2D eigenvalue weighted by molar-refractivity contribution is 6.41. The van der Waals surface area contributed by atoms with Gasteiger partial charge in [0.1, 0.15) is 11.2 Å². The SMILES string of the molecule is CC(Cl)N=Nc1c(Cl)cc(Cl)cc1Cl. The standard InChI is InChI=1S/C8H6Cl4N2/c1-4(9)13-14-8-6(11)2-5(10)3-7(8)12/h2-4H,1H3. The minimum Gasteiger partial charge on any atom is -0.169 e. The molecule has 14 heavy (non-hydrogen) atoms. The number of benzene rings is 1. The molecule has 0 heterocycles. The van der Waals surface area contributed by atoms with Gasteiger partial charge in [-0.05, 0) is 19.1 Å². The Morgan fingerprint density at radius 1 is 1.14 bits per heavy atom. The van der Waals surface area contributed by atoms with Crippen molar-refractivity contribution in [2.75, 3.05) is 0 Å². The molecule has 0 aliphatic carbocycles. The number of azo groups is 1. The van der Waals surface area contributed by atoms with Crippen LogP contribution in [0.5, 0.6) is 0 Å². The van der Waals surface area contributed by atoms with Crippen LogP contribution in [0.25, 0.3) is 0 Å². The van der Waals surface area contributed by atoms with Crippen molar-refractivity contribution in [3.05, 3.63) is 27.2 Å². The monoisotopic (exact) mass is 270 g/mol. The van der Waals surface area contributed by atoms with Gasteiger partial charge in [-0.2, -0.15) is 10.2 Å². The molecule has 0 fully saturated rings. The quantitative estimate of drug-likeness (QED) is 0.395. The Kier molecular flexibility index (Phi) is 4.45. The fraction of sp³-hybridized carbons (Fsp3) is 0.250. The summed E-state index contributed by atoms with van der Waals surface area (Å²) >= 11 is 23.0. The van der Waals surface area contributed by atoms with Gasteiger partial charge in [-0.25, -0.2) is 0 Å². The molecule has 1 aromatic rings. The van der Waals surface area contributed by atoms with Crippen molar-refractivity contribution in [3.8, 4) is 0 Å². The van der Waals surface area contributed by atoms with Gasteiger partial charge in [0, 0.05) is 5.02 Å². The first-order chi connectivity index (χ1) is 6.50. The van der Waals surface area contributed by atoms with E-state index >= 15 is 0 Å². The van der Waals surface area contributed by atoms with Gasteiger partial charge in [-0.3, -0.25) is 0 Å². The summed E-state index contributed by atoms with van der Waals surface area (Å²) in [5, 5.41) is 8.70. The first-order valence-electron chi connectivity index (χ1n) is 3.70. The highest BCUT2D eigenvalue weighted by Gasteiger charge is 2.06. The van der Waals surface area contributed by atoms with Crippen molar-refractivity contribution in [1.82, 2.24) is 0 Å². The molecule has 6 heteroatoms. The lowest BCUT2D eigenvalue weighted by Gasteiger charge is -2.01. The van der Waals surface area contributed by atoms with Crippen LogP contribution in [0.4, 0.5) is 5.69 Å². The van der Waals surface area contributed by atoms with Crippen molar-refractivity contribution < 1.29 is 0 Å². The van der Waals surface area contributed by atoms with Crippen LogP contribution in [0, 0.1) is 0 Å². The zero-order chi connectivity index (χ0) is 10.7. The Hall–Kier alpha value is -0.0200. The van der Waals surface area contributed by atoms with E-state index < -0.39 is 5.50 Å². The van der Waals surface area contributed by atoms with E-state index in [2.05, 4.69) is 10.2 Å². The lowest BCUT2D eigenvalue weighted by molar-refractivity contribution is 0.932. The summed E-state index contributed by atoms with van der Waals surface area (Å²) < 4.78 is 0. The van der Waals surface area contributed by atoms with E-state index in [0.29, 0.717) is 20.8 Å². The fourth-order valence-corrected chi connectivity index (χ4v) is 1.70. The molecule has 0 radical (unpaired) electrons. The molecule has 1 atom stereocenters. The zero-order valence-electron chi connectivity index (χ0n) is 7.14. The van der Waals surface area contributed by atoms with E-state index in [9.17, 15) is 0 Å². The average Bonchev–Trinajstić information content (AvgIpc) is 2.01. The molecule has 0 aliphatic heterocycles. The second-order valence-corrected chi connectivity index (χ2v) is 4.39. The highest BCUT2D eigenvalue weighted by Crippen LogP contribution is 2.36. The van der Waals surface area contributed by atoms with Crippen LogP contribution < -0.4 is 0 Å². The highest BCUT2D eigenvalue weighted by atomic mass is 35.5. The third kappa shape index (κ3) is 3.28. The Morgan fingerprint density at radius 3 is 2.07 bits per heavy atom. The Balaban J connectivity index is 3.09. The first kappa shape index (κ1) is 12.1. The van der Waals surface area contributed by atoms with Crippen molar-refractivity contribution in [2.45, 2.75) is 12.4 Å². The van der Waals surface area contributed by atoms with Crippen molar-refractivity contribution in [3.63, 3.8) is 0 Å². The van der Waals surface area contributed by atoms with E-state index in [-0.39, 0.29) is 0 Å². The third-order valence-electron chi connectivity index (χ3n) is 1.30. The zero-order valence-corrected chi connectivity index (χ0v) is 10.2. The normalized spacial score (nSPS) is 13.5. The minimum absolute atomic E-state index is 0.351. The predicted octanol–water partition coefficient (Wildman–Crippen LogP) is 5.32. The van der Waals surface area contributed by atoms with Crippen LogP contribution in [-0.4, -0.2) is 5.50 Å². The molecular formula is C8H6Cl4N2. The van der Waals surface area contributed by atoms with E-state index in [1.54, 1.807) is 19.1 Å². The van der Waals surface area contributed by atoms with Gasteiger partial charge in [0.15, 0.2) is 0 Å². The molecule has 0 spiro atoms. The fourth-order valence-electron chi connectivity index (χ4n) is 0.767. The molecule has 0 N–H and O–H groups in total. The smallest absolute Gasteiger partial charge is 0.142 e. The lowest BCUT2D eigenvalue weighted by Crippen LogP contribution is -1.80. The maximum absolute atomic E-state index is 5.85. The van der Waals surface area contributed by atoms with E-state index in [4.69, 9.17) is 46.4 Å². The lowest BCUT2D eigenvalue weighted by atomic mass is 10.3. The van der Waals surface area contributed by atoms with Gasteiger partial charge in [0.2, 0.25) is 0 Å². The van der Waals surface area contributed by atoms with E-state index in [1.165, 1.54) is 0 Å². The second-order valence-electron chi connectivity index (χ2n) is 2.51. The van der Waals surface area contributed by atoms with E-state index in [1.807, 2.05) is 0 Å². The summed E-state index contributed by atoms with van der Waals surface area (Å²) in [6.45, 7) is 1.68. The predicted molar refractivity (Wildman–Crippen MR) is 61.3 cm³/mol. The molecule has 0 amide bonds. The molecule has 76 valence electrons. The van der Waals surface area contributed by atoms with Crippen LogP contribution in [0.2, 0.25) is 15.1 Å². The maximum Gasteiger partial charge on any atom is 0.142 e. The van der Waals surface area contributed by atoms with Gasteiger partial charge >= 0.3 is 0 Å². The largest absolute Gasteiger partial charge is 0.169 e. The summed E-state index contributed by atoms with van der Waals surface area (Å²) in [5.41, 5.74) is -0.0388. The molecule has 0 bridgehead atoms. The number of hydrogen-bond acceptors (Lipinski definition) is 2. The van der Waals surface area contributed by atoms with Gasteiger partial charge < -0.3 is 0 Å². The summed E-state index contributed by atoms with van der Waals surface area (Å²) in [6, 6.07) is 3.09. The Labute approximate surface area is 102 Å². The summed E-state index contributed by atoms with van der Waals surface area (Å²) in [5.74, 6) is 0. The molecule has 1 aromatic carbocycles. The van der Waals surface area contributed by atoms with Crippen LogP contribution >= 0.6 is 46.4 Å². The maximum atomic E-state index is 5.85. The van der Waals surface area contributed by atoms with Crippen LogP contribution in [-0.2, 0) is 0 Å². The molecule has 1 unspecified atom stereocenters. The average molecular weight is 272 g/mol. The van der Waals surface area contributed by atoms with Crippen LogP contribution in [0.15, 0.2) is 22.4 Å². The Bertz CT molecular complexity index is 339. The van der Waals surface area contributed by atoms with Gasteiger partial charge in [0.05, 0.1) is 10.0 Å².